The molecule has 0 saturated heterocycles. The summed E-state index contributed by atoms with van der Waals surface area (Å²) in [4.78, 5) is 23.2. The Balaban J connectivity index is 2.08. The van der Waals surface area contributed by atoms with Crippen molar-refractivity contribution in [1.29, 1.82) is 0 Å². The summed E-state index contributed by atoms with van der Waals surface area (Å²) in [6.45, 7) is 1.97. The predicted molar refractivity (Wildman–Crippen MR) is 68.3 cm³/mol. The monoisotopic (exact) mass is 244 g/mol. The molecule has 1 atom stereocenters. The van der Waals surface area contributed by atoms with Crippen LogP contribution in [0.4, 0.5) is 0 Å². The van der Waals surface area contributed by atoms with Gasteiger partial charge in [0.05, 0.1) is 5.56 Å². The Morgan fingerprint density at radius 3 is 2.72 bits per heavy atom. The number of allylic oxidation sites excluding steroid dienone is 1. The van der Waals surface area contributed by atoms with Crippen molar-refractivity contribution < 1.29 is 14.3 Å². The predicted octanol–water partition coefficient (Wildman–Crippen LogP) is 2.91. The zero-order chi connectivity index (χ0) is 13.0. The molecule has 0 amide bonds. The number of ether oxygens (including phenoxy) is 1. The van der Waals surface area contributed by atoms with Crippen molar-refractivity contribution in [2.75, 3.05) is 0 Å². The van der Waals surface area contributed by atoms with Gasteiger partial charge in [-0.1, -0.05) is 25.1 Å². The number of rotatable bonds is 3. The molecule has 3 nitrogen and oxygen atoms in total. The third-order valence-electron chi connectivity index (χ3n) is 3.08. The SMILES string of the molecule is CCC1=CC(=O)CCC1OC(=O)c1ccccc1. The smallest absolute Gasteiger partial charge is 0.338 e. The van der Waals surface area contributed by atoms with Gasteiger partial charge < -0.3 is 4.74 Å². The van der Waals surface area contributed by atoms with E-state index >= 15 is 0 Å². The fraction of sp³-hybridized carbons (Fsp3) is 0.333. The summed E-state index contributed by atoms with van der Waals surface area (Å²) in [7, 11) is 0. The van der Waals surface area contributed by atoms with Crippen molar-refractivity contribution in [1.82, 2.24) is 0 Å². The molecule has 1 aliphatic carbocycles. The van der Waals surface area contributed by atoms with E-state index < -0.39 is 0 Å². The van der Waals surface area contributed by atoms with Crippen LogP contribution in [0.1, 0.15) is 36.5 Å². The van der Waals surface area contributed by atoms with Gasteiger partial charge in [0.15, 0.2) is 5.78 Å². The van der Waals surface area contributed by atoms with Crippen LogP contribution >= 0.6 is 0 Å². The number of benzene rings is 1. The van der Waals surface area contributed by atoms with Gasteiger partial charge in [-0.05, 0) is 36.6 Å². The Bertz CT molecular complexity index is 474. The van der Waals surface area contributed by atoms with E-state index in [0.717, 1.165) is 12.0 Å². The average molecular weight is 244 g/mol. The maximum atomic E-state index is 11.9. The number of hydrogen-bond acceptors (Lipinski definition) is 3. The second-order valence-electron chi connectivity index (χ2n) is 4.34. The van der Waals surface area contributed by atoms with Gasteiger partial charge in [-0.2, -0.15) is 0 Å². The molecule has 0 bridgehead atoms. The zero-order valence-corrected chi connectivity index (χ0v) is 10.4. The summed E-state index contributed by atoms with van der Waals surface area (Å²) < 4.78 is 5.47. The summed E-state index contributed by atoms with van der Waals surface area (Å²) in [6, 6.07) is 8.92. The van der Waals surface area contributed by atoms with Crippen LogP contribution in [0.2, 0.25) is 0 Å². The van der Waals surface area contributed by atoms with Gasteiger partial charge in [0.2, 0.25) is 0 Å². The van der Waals surface area contributed by atoms with Crippen molar-refractivity contribution in [3.05, 3.63) is 47.5 Å². The number of ketones is 1. The second-order valence-corrected chi connectivity index (χ2v) is 4.34. The quantitative estimate of drug-likeness (QED) is 0.768. The van der Waals surface area contributed by atoms with Crippen LogP contribution in [0, 0.1) is 0 Å². The first kappa shape index (κ1) is 12.6. The van der Waals surface area contributed by atoms with Gasteiger partial charge in [-0.15, -0.1) is 0 Å². The van der Waals surface area contributed by atoms with E-state index in [1.807, 2.05) is 13.0 Å². The minimum absolute atomic E-state index is 0.124. The van der Waals surface area contributed by atoms with Gasteiger partial charge in [0.1, 0.15) is 6.10 Å². The maximum absolute atomic E-state index is 11.9. The first-order chi connectivity index (χ1) is 8.70. The third-order valence-corrected chi connectivity index (χ3v) is 3.08. The first-order valence-electron chi connectivity index (χ1n) is 6.20. The van der Waals surface area contributed by atoms with E-state index in [4.69, 9.17) is 4.74 Å². The van der Waals surface area contributed by atoms with Crippen LogP contribution in [0.15, 0.2) is 42.0 Å². The van der Waals surface area contributed by atoms with Gasteiger partial charge in [0.25, 0.3) is 0 Å². The van der Waals surface area contributed by atoms with Gasteiger partial charge in [0, 0.05) is 6.42 Å². The zero-order valence-electron chi connectivity index (χ0n) is 10.4. The van der Waals surface area contributed by atoms with Crippen LogP contribution in [-0.4, -0.2) is 17.9 Å². The molecule has 0 radical (unpaired) electrons. The second kappa shape index (κ2) is 5.63. The highest BCUT2D eigenvalue weighted by Gasteiger charge is 2.24. The molecule has 0 N–H and O–H groups in total. The van der Waals surface area contributed by atoms with E-state index in [-0.39, 0.29) is 17.9 Å². The lowest BCUT2D eigenvalue weighted by molar-refractivity contribution is -0.115. The highest BCUT2D eigenvalue weighted by Crippen LogP contribution is 2.23. The Labute approximate surface area is 106 Å². The summed E-state index contributed by atoms with van der Waals surface area (Å²) >= 11 is 0. The molecule has 94 valence electrons. The lowest BCUT2D eigenvalue weighted by Gasteiger charge is -2.23. The van der Waals surface area contributed by atoms with E-state index in [1.165, 1.54) is 0 Å². The van der Waals surface area contributed by atoms with E-state index in [9.17, 15) is 9.59 Å². The van der Waals surface area contributed by atoms with Crippen LogP contribution in [-0.2, 0) is 9.53 Å². The topological polar surface area (TPSA) is 43.4 Å². The van der Waals surface area contributed by atoms with Crippen molar-refractivity contribution in [2.45, 2.75) is 32.3 Å². The van der Waals surface area contributed by atoms with Crippen molar-refractivity contribution in [3.63, 3.8) is 0 Å². The molecule has 0 heterocycles. The molecule has 0 fully saturated rings. The number of carbonyl (C=O) groups is 2. The minimum Gasteiger partial charge on any atom is -0.454 e. The molecular formula is C15H16O3. The molecule has 0 saturated carbocycles. The number of hydrogen-bond donors (Lipinski definition) is 0. The molecule has 1 unspecified atom stereocenters. The van der Waals surface area contributed by atoms with Crippen LogP contribution in [0.5, 0.6) is 0 Å². The molecule has 0 spiro atoms. The Morgan fingerprint density at radius 1 is 1.33 bits per heavy atom. The molecule has 0 aliphatic heterocycles. The van der Waals surface area contributed by atoms with E-state index in [0.29, 0.717) is 18.4 Å². The highest BCUT2D eigenvalue weighted by molar-refractivity contribution is 5.92. The molecule has 1 aromatic rings. The number of carbonyl (C=O) groups excluding carboxylic acids is 2. The molecule has 0 aromatic heterocycles. The van der Waals surface area contributed by atoms with E-state index in [2.05, 4.69) is 0 Å². The third kappa shape index (κ3) is 2.86. The van der Waals surface area contributed by atoms with Gasteiger partial charge >= 0.3 is 5.97 Å². The van der Waals surface area contributed by atoms with Gasteiger partial charge in [-0.3, -0.25) is 4.79 Å². The molecule has 18 heavy (non-hydrogen) atoms. The van der Waals surface area contributed by atoms with Gasteiger partial charge in [-0.25, -0.2) is 4.79 Å². The van der Waals surface area contributed by atoms with E-state index in [1.54, 1.807) is 30.3 Å². The average Bonchev–Trinajstić information content (AvgIpc) is 2.41. The van der Waals surface area contributed by atoms with Crippen molar-refractivity contribution in [3.8, 4) is 0 Å². The fourth-order valence-electron chi connectivity index (χ4n) is 2.07. The van der Waals surface area contributed by atoms with Crippen LogP contribution in [0.25, 0.3) is 0 Å². The maximum Gasteiger partial charge on any atom is 0.338 e. The summed E-state index contributed by atoms with van der Waals surface area (Å²) in [6.07, 6.45) is 3.15. The summed E-state index contributed by atoms with van der Waals surface area (Å²) in [5.41, 5.74) is 1.46. The normalized spacial score (nSPS) is 19.3. The molecule has 1 aromatic carbocycles. The largest absolute Gasteiger partial charge is 0.454 e. The van der Waals surface area contributed by atoms with Crippen LogP contribution < -0.4 is 0 Å². The lowest BCUT2D eigenvalue weighted by Crippen LogP contribution is -2.25. The van der Waals surface area contributed by atoms with Crippen molar-refractivity contribution >= 4 is 11.8 Å². The Morgan fingerprint density at radius 2 is 2.06 bits per heavy atom. The number of esters is 1. The summed E-state index contributed by atoms with van der Waals surface area (Å²) in [5.74, 6) is -0.201. The standard InChI is InChI=1S/C15H16O3/c1-2-11-10-13(16)8-9-14(11)18-15(17)12-6-4-3-5-7-12/h3-7,10,14H,2,8-9H2,1H3. The minimum atomic E-state index is -0.325. The fourth-order valence-corrected chi connectivity index (χ4v) is 2.07. The highest BCUT2D eigenvalue weighted by atomic mass is 16.5. The summed E-state index contributed by atoms with van der Waals surface area (Å²) in [5, 5.41) is 0. The van der Waals surface area contributed by atoms with Crippen LogP contribution in [0.3, 0.4) is 0 Å². The first-order valence-corrected chi connectivity index (χ1v) is 6.20. The molecular weight excluding hydrogens is 228 g/mol. The van der Waals surface area contributed by atoms with Crippen molar-refractivity contribution in [2.24, 2.45) is 0 Å². The molecule has 2 rings (SSSR count). The Hall–Kier alpha value is -1.90. The lowest BCUT2D eigenvalue weighted by atomic mass is 9.94. The molecule has 1 aliphatic rings. The Kier molecular flexibility index (Phi) is 3.92. The molecule has 3 heteroatoms.